The van der Waals surface area contributed by atoms with E-state index in [-0.39, 0.29) is 39.9 Å². The third-order valence-electron chi connectivity index (χ3n) is 1.59. The Morgan fingerprint density at radius 3 is 0.706 bits per heavy atom. The molecule has 0 rings (SSSR count). The molecule has 0 aliphatic carbocycles. The molecule has 0 aromatic rings. The molecule has 0 heterocycles. The molecular weight excluding hydrogens is 280 g/mol. The van der Waals surface area contributed by atoms with E-state index in [2.05, 4.69) is 20.6 Å². The van der Waals surface area contributed by atoms with Crippen LogP contribution in [0.5, 0.6) is 0 Å². The summed E-state index contributed by atoms with van der Waals surface area (Å²) in [7, 11) is 0. The van der Waals surface area contributed by atoms with Crippen molar-refractivity contribution in [3.63, 3.8) is 0 Å². The average Bonchev–Trinajstić information content (AvgIpc) is 2.35. The van der Waals surface area contributed by atoms with Gasteiger partial charge in [0.05, 0.1) is 0 Å². The van der Waals surface area contributed by atoms with Crippen LogP contribution in [-0.2, 0) is 17.1 Å². The van der Waals surface area contributed by atoms with Crippen LogP contribution in [0.25, 0.3) is 0 Å². The van der Waals surface area contributed by atoms with Gasteiger partial charge >= 0.3 is 0 Å². The molecule has 0 saturated carbocycles. The third kappa shape index (κ3) is 10.7. The fraction of sp³-hybridized carbons (Fsp3) is 0.500. The smallest absolute Gasteiger partial charge is 0.0465 e. The van der Waals surface area contributed by atoms with Gasteiger partial charge in [-0.3, -0.25) is 0 Å². The van der Waals surface area contributed by atoms with Gasteiger partial charge < -0.3 is 41.5 Å². The average molecular weight is 292 g/mol. The van der Waals surface area contributed by atoms with Gasteiger partial charge in [-0.05, 0) is 27.7 Å². The maximum absolute atomic E-state index is 9.60. The Bertz CT molecular complexity index is 261. The standard InChI is InChI=1S/2C4H8N2O2.Cu/c2*1-3(5-7)4(2)6-8;/h2*7-8H,1-2H3;/p-4. The molecule has 0 amide bonds. The minimum atomic E-state index is 0. The second-order valence-corrected chi connectivity index (χ2v) is 2.71. The van der Waals surface area contributed by atoms with E-state index in [1.54, 1.807) is 0 Å². The van der Waals surface area contributed by atoms with Crippen molar-refractivity contribution in [1.82, 2.24) is 0 Å². The molecular formula is C8H12CuN4O4-4. The molecule has 0 aromatic carbocycles. The number of hydrogen-bond acceptors (Lipinski definition) is 8. The molecule has 9 heteroatoms. The molecule has 0 aliphatic rings. The van der Waals surface area contributed by atoms with Gasteiger partial charge in [0.1, 0.15) is 0 Å². The molecule has 103 valence electrons. The Kier molecular flexibility index (Phi) is 15.2. The summed E-state index contributed by atoms with van der Waals surface area (Å²) in [4.78, 5) is 0. The Balaban J connectivity index is -0.000000218. The molecule has 0 spiro atoms. The van der Waals surface area contributed by atoms with Crippen molar-refractivity contribution < 1.29 is 17.1 Å². The Morgan fingerprint density at radius 2 is 0.647 bits per heavy atom. The summed E-state index contributed by atoms with van der Waals surface area (Å²) in [6.07, 6.45) is 0. The van der Waals surface area contributed by atoms with Crippen molar-refractivity contribution in [1.29, 1.82) is 0 Å². The zero-order valence-corrected chi connectivity index (χ0v) is 10.7. The van der Waals surface area contributed by atoms with Crippen LogP contribution < -0.4 is 0 Å². The van der Waals surface area contributed by atoms with E-state index in [4.69, 9.17) is 0 Å². The maximum atomic E-state index is 9.60. The van der Waals surface area contributed by atoms with Crippen LogP contribution in [0.1, 0.15) is 27.7 Å². The first kappa shape index (κ1) is 20.8. The minimum absolute atomic E-state index is 0. The largest absolute Gasteiger partial charge is 0.792 e. The monoisotopic (exact) mass is 291 g/mol. The molecule has 0 aliphatic heterocycles. The summed E-state index contributed by atoms with van der Waals surface area (Å²) in [5.41, 5.74) is 0.556. The molecule has 0 atom stereocenters. The van der Waals surface area contributed by atoms with Crippen LogP contribution in [-0.4, -0.2) is 22.8 Å². The van der Waals surface area contributed by atoms with Crippen LogP contribution in [0, 0.1) is 20.8 Å². The number of rotatable bonds is 2. The van der Waals surface area contributed by atoms with Crippen LogP contribution in [0.3, 0.4) is 0 Å². The first-order chi connectivity index (χ1) is 7.44. The summed E-state index contributed by atoms with van der Waals surface area (Å²) in [5.74, 6) is 0. The first-order valence-electron chi connectivity index (χ1n) is 4.12. The van der Waals surface area contributed by atoms with E-state index in [9.17, 15) is 20.8 Å². The normalized spacial score (nSPS) is 13.4. The molecule has 1 radical (unpaired) electrons. The van der Waals surface area contributed by atoms with Crippen molar-refractivity contribution >= 4 is 22.8 Å². The zero-order valence-electron chi connectivity index (χ0n) is 9.72. The van der Waals surface area contributed by atoms with Crippen molar-refractivity contribution in [3.05, 3.63) is 20.8 Å². The topological polar surface area (TPSA) is 142 Å². The van der Waals surface area contributed by atoms with Gasteiger partial charge in [0.15, 0.2) is 0 Å². The third-order valence-corrected chi connectivity index (χ3v) is 1.59. The van der Waals surface area contributed by atoms with Crippen molar-refractivity contribution in [3.8, 4) is 0 Å². The van der Waals surface area contributed by atoms with Gasteiger partial charge in [0.2, 0.25) is 0 Å². The van der Waals surface area contributed by atoms with E-state index in [1.807, 2.05) is 0 Å². The second kappa shape index (κ2) is 12.5. The quantitative estimate of drug-likeness (QED) is 0.434. The second-order valence-electron chi connectivity index (χ2n) is 2.71. The molecule has 0 N–H and O–H groups in total. The predicted molar refractivity (Wildman–Crippen MR) is 65.9 cm³/mol. The van der Waals surface area contributed by atoms with Crippen molar-refractivity contribution in [2.45, 2.75) is 27.7 Å². The summed E-state index contributed by atoms with van der Waals surface area (Å²) in [5, 5.41) is 48.4. The van der Waals surface area contributed by atoms with Gasteiger partial charge in [-0.1, -0.05) is 0 Å². The van der Waals surface area contributed by atoms with Gasteiger partial charge in [-0.15, -0.1) is 0 Å². The summed E-state index contributed by atoms with van der Waals surface area (Å²) in [6.45, 7) is 5.74. The van der Waals surface area contributed by atoms with E-state index in [0.717, 1.165) is 0 Å². The van der Waals surface area contributed by atoms with Gasteiger partial charge in [-0.25, -0.2) is 0 Å². The fourth-order valence-corrected chi connectivity index (χ4v) is 0.264. The van der Waals surface area contributed by atoms with E-state index in [1.165, 1.54) is 27.7 Å². The van der Waals surface area contributed by atoms with Crippen LogP contribution >= 0.6 is 0 Å². The number of nitrogens with zero attached hydrogens (tertiary/aromatic N) is 4. The summed E-state index contributed by atoms with van der Waals surface area (Å²) >= 11 is 0. The molecule has 0 aromatic heterocycles. The van der Waals surface area contributed by atoms with Crippen LogP contribution in [0.4, 0.5) is 0 Å². The Labute approximate surface area is 109 Å². The van der Waals surface area contributed by atoms with Crippen LogP contribution in [0.15, 0.2) is 20.6 Å². The van der Waals surface area contributed by atoms with E-state index in [0.29, 0.717) is 0 Å². The van der Waals surface area contributed by atoms with Gasteiger partial charge in [0, 0.05) is 39.9 Å². The number of hydrogen-bond donors (Lipinski definition) is 0. The first-order valence-corrected chi connectivity index (χ1v) is 4.12. The molecule has 0 bridgehead atoms. The fourth-order valence-electron chi connectivity index (χ4n) is 0.264. The SMILES string of the molecule is CC(=N[O-])C(C)=N[O-].CC(=N[O-])C(C)=N[O-].[Cu]. The molecule has 0 unspecified atom stereocenters. The van der Waals surface area contributed by atoms with Crippen molar-refractivity contribution in [2.24, 2.45) is 20.6 Å². The maximum Gasteiger partial charge on any atom is 0.0465 e. The summed E-state index contributed by atoms with van der Waals surface area (Å²) < 4.78 is 0. The molecule has 0 saturated heterocycles. The Hall–Kier alpha value is -1.60. The van der Waals surface area contributed by atoms with Crippen molar-refractivity contribution in [2.75, 3.05) is 0 Å². The Morgan fingerprint density at radius 1 is 0.529 bits per heavy atom. The van der Waals surface area contributed by atoms with Gasteiger partial charge in [0.25, 0.3) is 0 Å². The van der Waals surface area contributed by atoms with Gasteiger partial charge in [-0.2, -0.15) is 0 Å². The minimum Gasteiger partial charge on any atom is -0.792 e. The molecule has 17 heavy (non-hydrogen) atoms. The summed E-state index contributed by atoms with van der Waals surface area (Å²) in [6, 6.07) is 0. The predicted octanol–water partition coefficient (Wildman–Crippen LogP) is 1.81. The molecule has 0 fully saturated rings. The van der Waals surface area contributed by atoms with Crippen LogP contribution in [0.2, 0.25) is 0 Å². The van der Waals surface area contributed by atoms with E-state index >= 15 is 0 Å². The molecule has 8 nitrogen and oxygen atoms in total. The van der Waals surface area contributed by atoms with E-state index < -0.39 is 0 Å². The zero-order chi connectivity index (χ0) is 13.1.